The van der Waals surface area contributed by atoms with Crippen LogP contribution in [-0.4, -0.2) is 54.0 Å². The molecular weight excluding hydrogens is 510 g/mol. The number of rotatable bonds is 9. The maximum atomic E-state index is 12.9. The topological polar surface area (TPSA) is 189 Å². The summed E-state index contributed by atoms with van der Waals surface area (Å²) >= 11 is 0. The first-order valence-electron chi connectivity index (χ1n) is 11.4. The molecule has 1 atom stereocenters. The number of hydrogen-bond donors (Lipinski definition) is 2. The van der Waals surface area contributed by atoms with Gasteiger partial charge in [-0.3, -0.25) is 15.1 Å². The van der Waals surface area contributed by atoms with E-state index in [-0.39, 0.29) is 23.2 Å². The molecule has 4 aromatic heterocycles. The summed E-state index contributed by atoms with van der Waals surface area (Å²) in [6, 6.07) is 10.7. The second-order valence-electron chi connectivity index (χ2n) is 8.10. The molecule has 15 nitrogen and oxygen atoms in total. The van der Waals surface area contributed by atoms with Gasteiger partial charge in [-0.1, -0.05) is 5.16 Å². The number of H-pyrrole nitrogens is 1. The second kappa shape index (κ2) is 10.4. The molecule has 5 aromatic rings. The minimum atomic E-state index is -0.771. The molecule has 0 aliphatic carbocycles. The Labute approximate surface area is 219 Å². The zero-order valence-electron chi connectivity index (χ0n) is 20.9. The average molecular weight is 531 g/mol. The van der Waals surface area contributed by atoms with Gasteiger partial charge in [-0.05, 0) is 36.4 Å². The van der Waals surface area contributed by atoms with Crippen LogP contribution < -0.4 is 20.5 Å². The molecule has 15 heteroatoms. The van der Waals surface area contributed by atoms with Crippen LogP contribution in [0.4, 0.5) is 11.4 Å². The normalized spacial score (nSPS) is 11.7. The number of aromatic nitrogens is 7. The van der Waals surface area contributed by atoms with E-state index in [4.69, 9.17) is 14.0 Å². The summed E-state index contributed by atoms with van der Waals surface area (Å²) in [6.07, 6.45) is 2.87. The number of ether oxygens (including phenoxy) is 2. The van der Waals surface area contributed by atoms with Crippen LogP contribution in [0.2, 0.25) is 0 Å². The molecule has 0 fully saturated rings. The third kappa shape index (κ3) is 5.00. The van der Waals surface area contributed by atoms with Crippen LogP contribution in [0.1, 0.15) is 23.3 Å². The van der Waals surface area contributed by atoms with Crippen LogP contribution in [0.3, 0.4) is 0 Å². The van der Waals surface area contributed by atoms with E-state index < -0.39 is 16.7 Å². The Balaban J connectivity index is 1.57. The van der Waals surface area contributed by atoms with E-state index in [1.165, 1.54) is 38.7 Å². The Bertz CT molecular complexity index is 1690. The Hall–Kier alpha value is -5.60. The van der Waals surface area contributed by atoms with Crippen LogP contribution in [0, 0.1) is 17.0 Å². The van der Waals surface area contributed by atoms with Crippen molar-refractivity contribution < 1.29 is 18.9 Å². The molecule has 0 spiro atoms. The fourth-order valence-electron chi connectivity index (χ4n) is 3.82. The first kappa shape index (κ1) is 25.1. The summed E-state index contributed by atoms with van der Waals surface area (Å²) in [5, 5.41) is 23.1. The predicted octanol–water partition coefficient (Wildman–Crippen LogP) is 2.84. The van der Waals surface area contributed by atoms with Gasteiger partial charge in [0.2, 0.25) is 17.5 Å². The largest absolute Gasteiger partial charge is 0.491 e. The first-order chi connectivity index (χ1) is 18.9. The number of nitrogens with one attached hydrogen (secondary N) is 2. The third-order valence-corrected chi connectivity index (χ3v) is 5.64. The Morgan fingerprint density at radius 2 is 1.95 bits per heavy atom. The van der Waals surface area contributed by atoms with Gasteiger partial charge in [-0.25, -0.2) is 14.8 Å². The van der Waals surface area contributed by atoms with Gasteiger partial charge in [-0.2, -0.15) is 9.67 Å². The quantitative estimate of drug-likeness (QED) is 0.209. The number of nitrogens with zero attached hydrogens (tertiary/aromatic N) is 7. The summed E-state index contributed by atoms with van der Waals surface area (Å²) in [5.41, 5.74) is 0.860. The van der Waals surface area contributed by atoms with Gasteiger partial charge in [0, 0.05) is 42.2 Å². The van der Waals surface area contributed by atoms with Crippen molar-refractivity contribution in [3.8, 4) is 28.8 Å². The fraction of sp³-hybridized carbons (Fsp3) is 0.167. The number of hydrogen-bond acceptors (Lipinski definition) is 12. The van der Waals surface area contributed by atoms with Gasteiger partial charge in [0.25, 0.3) is 5.88 Å². The van der Waals surface area contributed by atoms with E-state index in [0.29, 0.717) is 28.7 Å². The summed E-state index contributed by atoms with van der Waals surface area (Å²) in [5.74, 6) is 1.43. The highest BCUT2D eigenvalue weighted by molar-refractivity contribution is 5.60. The maximum absolute atomic E-state index is 12.9. The molecule has 1 aromatic carbocycles. The average Bonchev–Trinajstić information content (AvgIpc) is 3.56. The monoisotopic (exact) mass is 531 g/mol. The molecule has 0 aliphatic heterocycles. The van der Waals surface area contributed by atoms with Crippen LogP contribution in [-0.2, 0) is 0 Å². The zero-order chi connectivity index (χ0) is 27.5. The second-order valence-corrected chi connectivity index (χ2v) is 8.10. The lowest BCUT2D eigenvalue weighted by Crippen LogP contribution is -2.18. The van der Waals surface area contributed by atoms with Crippen molar-refractivity contribution in [3.63, 3.8) is 0 Å². The molecular formula is C24H21N9O6. The minimum Gasteiger partial charge on any atom is -0.491 e. The SMILES string of the molecule is COc1cc(C(Nc2ccc(-c3noc(C)n3)cc2)c2nn(-c3ncccc3[N+](=O)[O-])c(=O)[nH]2)cnc1OC. The van der Waals surface area contributed by atoms with Crippen molar-refractivity contribution in [1.29, 1.82) is 0 Å². The van der Waals surface area contributed by atoms with Crippen molar-refractivity contribution in [3.05, 3.63) is 92.7 Å². The zero-order valence-corrected chi connectivity index (χ0v) is 20.9. The molecule has 2 N–H and O–H groups in total. The van der Waals surface area contributed by atoms with E-state index in [0.717, 1.165) is 10.2 Å². The van der Waals surface area contributed by atoms with Crippen LogP contribution >= 0.6 is 0 Å². The third-order valence-electron chi connectivity index (χ3n) is 5.64. The molecule has 0 radical (unpaired) electrons. The molecule has 0 saturated heterocycles. The highest BCUT2D eigenvalue weighted by atomic mass is 16.6. The Morgan fingerprint density at radius 1 is 1.15 bits per heavy atom. The molecule has 39 heavy (non-hydrogen) atoms. The van der Waals surface area contributed by atoms with Gasteiger partial charge in [-0.15, -0.1) is 5.10 Å². The van der Waals surface area contributed by atoms with Crippen molar-refractivity contribution in [1.82, 2.24) is 34.9 Å². The summed E-state index contributed by atoms with van der Waals surface area (Å²) in [7, 11) is 2.94. The van der Waals surface area contributed by atoms with Crippen molar-refractivity contribution >= 4 is 11.4 Å². The molecule has 0 aliphatic rings. The number of methoxy groups -OCH3 is 2. The van der Waals surface area contributed by atoms with E-state index in [1.807, 2.05) is 0 Å². The number of nitro groups is 1. The van der Waals surface area contributed by atoms with Gasteiger partial charge >= 0.3 is 11.4 Å². The lowest BCUT2D eigenvalue weighted by Gasteiger charge is -2.19. The van der Waals surface area contributed by atoms with Crippen molar-refractivity contribution in [2.24, 2.45) is 0 Å². The number of aryl methyl sites for hydroxylation is 1. The molecule has 4 heterocycles. The number of anilines is 1. The smallest absolute Gasteiger partial charge is 0.349 e. The fourth-order valence-corrected chi connectivity index (χ4v) is 3.82. The molecule has 0 bridgehead atoms. The number of benzene rings is 1. The number of aromatic amines is 1. The van der Waals surface area contributed by atoms with Gasteiger partial charge in [0.15, 0.2) is 11.6 Å². The summed E-state index contributed by atoms with van der Waals surface area (Å²) < 4.78 is 16.5. The highest BCUT2D eigenvalue weighted by Crippen LogP contribution is 2.32. The Kier molecular flexibility index (Phi) is 6.69. The predicted molar refractivity (Wildman–Crippen MR) is 136 cm³/mol. The van der Waals surface area contributed by atoms with E-state index >= 15 is 0 Å². The highest BCUT2D eigenvalue weighted by Gasteiger charge is 2.25. The summed E-state index contributed by atoms with van der Waals surface area (Å²) in [6.45, 7) is 1.70. The standard InChI is InChI=1S/C24H21N9O6/c1-13-27-20(31-39-13)14-6-8-16(9-7-14)28-19(15-11-18(37-2)23(38-3)26-12-15)21-29-24(34)32(30-21)22-17(33(35)36)5-4-10-25-22/h4-12,19,28H,1-3H3,(H,29,30,34). The Morgan fingerprint density at radius 3 is 2.62 bits per heavy atom. The minimum absolute atomic E-state index is 0.145. The van der Waals surface area contributed by atoms with E-state index in [9.17, 15) is 14.9 Å². The van der Waals surface area contributed by atoms with Crippen LogP contribution in [0.25, 0.3) is 17.2 Å². The molecule has 0 saturated carbocycles. The van der Waals surface area contributed by atoms with Gasteiger partial charge in [0.1, 0.15) is 6.04 Å². The maximum Gasteiger partial charge on any atom is 0.349 e. The molecule has 1 unspecified atom stereocenters. The summed E-state index contributed by atoms with van der Waals surface area (Å²) in [4.78, 5) is 39.0. The molecule has 5 rings (SSSR count). The van der Waals surface area contributed by atoms with E-state index in [1.54, 1.807) is 37.3 Å². The first-order valence-corrected chi connectivity index (χ1v) is 11.4. The van der Waals surface area contributed by atoms with E-state index in [2.05, 4.69) is 35.5 Å². The number of pyridine rings is 2. The van der Waals surface area contributed by atoms with Crippen molar-refractivity contribution in [2.45, 2.75) is 13.0 Å². The molecule has 198 valence electrons. The molecule has 0 amide bonds. The van der Waals surface area contributed by atoms with Crippen LogP contribution in [0.15, 0.2) is 64.2 Å². The van der Waals surface area contributed by atoms with Crippen LogP contribution in [0.5, 0.6) is 11.6 Å². The van der Waals surface area contributed by atoms with Gasteiger partial charge in [0.05, 0.1) is 19.1 Å². The van der Waals surface area contributed by atoms with Crippen molar-refractivity contribution in [2.75, 3.05) is 19.5 Å². The lowest BCUT2D eigenvalue weighted by molar-refractivity contribution is -0.385. The van der Waals surface area contributed by atoms with Gasteiger partial charge < -0.3 is 19.3 Å². The lowest BCUT2D eigenvalue weighted by atomic mass is 10.1.